The molecule has 110 valence electrons. The van der Waals surface area contributed by atoms with Crippen molar-refractivity contribution in [3.05, 3.63) is 28.2 Å². The number of benzene rings is 1. The summed E-state index contributed by atoms with van der Waals surface area (Å²) in [6, 6.07) is 4.79. The molecule has 20 heavy (non-hydrogen) atoms. The van der Waals surface area contributed by atoms with Crippen LogP contribution in [0.15, 0.2) is 18.2 Å². The zero-order valence-corrected chi connectivity index (χ0v) is 12.3. The molecular weight excluding hydrogens is 303 g/mol. The molecule has 1 aromatic carbocycles. The van der Waals surface area contributed by atoms with Gasteiger partial charge < -0.3 is 15.2 Å². The molecular formula is C13H16Cl2N2O3. The fourth-order valence-corrected chi connectivity index (χ4v) is 2.32. The predicted octanol–water partition coefficient (Wildman–Crippen LogP) is 1.63. The number of carbonyl (C=O) groups is 1. The van der Waals surface area contributed by atoms with E-state index in [9.17, 15) is 9.90 Å². The van der Waals surface area contributed by atoms with E-state index in [0.717, 1.165) is 0 Å². The van der Waals surface area contributed by atoms with Gasteiger partial charge in [-0.1, -0.05) is 23.2 Å². The topological polar surface area (TPSA) is 61.8 Å². The second-order valence-corrected chi connectivity index (χ2v) is 5.37. The van der Waals surface area contributed by atoms with Crippen LogP contribution in [0.25, 0.3) is 0 Å². The third-order valence-corrected chi connectivity index (χ3v) is 3.85. The van der Waals surface area contributed by atoms with Gasteiger partial charge in [-0.25, -0.2) is 0 Å². The van der Waals surface area contributed by atoms with E-state index in [-0.39, 0.29) is 25.1 Å². The molecule has 0 aromatic heterocycles. The smallest absolute Gasteiger partial charge is 0.238 e. The molecule has 1 aliphatic heterocycles. The third-order valence-electron chi connectivity index (χ3n) is 3.11. The first-order chi connectivity index (χ1) is 9.60. The van der Waals surface area contributed by atoms with Gasteiger partial charge in [0.1, 0.15) is 0 Å². The minimum atomic E-state index is -0.163. The third kappa shape index (κ3) is 4.07. The Bertz CT molecular complexity index is 485. The van der Waals surface area contributed by atoms with Gasteiger partial charge in [-0.2, -0.15) is 0 Å². The van der Waals surface area contributed by atoms with E-state index in [1.807, 2.05) is 4.90 Å². The van der Waals surface area contributed by atoms with Gasteiger partial charge in [0, 0.05) is 12.2 Å². The molecule has 1 amide bonds. The Morgan fingerprint density at radius 1 is 1.45 bits per heavy atom. The van der Waals surface area contributed by atoms with Crippen LogP contribution in [0.1, 0.15) is 0 Å². The molecule has 5 nitrogen and oxygen atoms in total. The van der Waals surface area contributed by atoms with Gasteiger partial charge in [-0.3, -0.25) is 9.69 Å². The van der Waals surface area contributed by atoms with Gasteiger partial charge in [0.05, 0.1) is 42.5 Å². The van der Waals surface area contributed by atoms with Crippen molar-refractivity contribution in [3.8, 4) is 0 Å². The summed E-state index contributed by atoms with van der Waals surface area (Å²) >= 11 is 11.7. The summed E-state index contributed by atoms with van der Waals surface area (Å²) in [4.78, 5) is 13.9. The molecule has 2 N–H and O–H groups in total. The van der Waals surface area contributed by atoms with Crippen molar-refractivity contribution < 1.29 is 14.6 Å². The van der Waals surface area contributed by atoms with E-state index in [4.69, 9.17) is 27.9 Å². The molecule has 1 unspecified atom stereocenters. The number of nitrogens with one attached hydrogen (secondary N) is 1. The average molecular weight is 319 g/mol. The van der Waals surface area contributed by atoms with Gasteiger partial charge in [-0.15, -0.1) is 0 Å². The number of ether oxygens (including phenoxy) is 1. The highest BCUT2D eigenvalue weighted by Crippen LogP contribution is 2.25. The lowest BCUT2D eigenvalue weighted by atomic mass is 10.2. The van der Waals surface area contributed by atoms with Crippen LogP contribution in [-0.4, -0.2) is 54.9 Å². The summed E-state index contributed by atoms with van der Waals surface area (Å²) < 4.78 is 5.27. The second-order valence-electron chi connectivity index (χ2n) is 4.56. The van der Waals surface area contributed by atoms with Gasteiger partial charge in [0.2, 0.25) is 5.91 Å². The maximum atomic E-state index is 12.0. The zero-order chi connectivity index (χ0) is 14.5. The minimum Gasteiger partial charge on any atom is -0.395 e. The molecule has 0 bridgehead atoms. The number of anilines is 1. The van der Waals surface area contributed by atoms with Crippen LogP contribution in [0.2, 0.25) is 10.0 Å². The van der Waals surface area contributed by atoms with E-state index in [0.29, 0.717) is 35.5 Å². The van der Waals surface area contributed by atoms with E-state index in [1.54, 1.807) is 18.2 Å². The molecule has 0 aliphatic carbocycles. The SMILES string of the molecule is O=C(CN1CCOCC1CO)Nc1ccc(Cl)c(Cl)c1. The fourth-order valence-electron chi connectivity index (χ4n) is 2.02. The normalized spacial score (nSPS) is 19.9. The number of aliphatic hydroxyl groups excluding tert-OH is 1. The lowest BCUT2D eigenvalue weighted by Gasteiger charge is -2.33. The first kappa shape index (κ1) is 15.5. The Morgan fingerprint density at radius 2 is 2.25 bits per heavy atom. The monoisotopic (exact) mass is 318 g/mol. The van der Waals surface area contributed by atoms with Crippen molar-refractivity contribution in [1.82, 2.24) is 4.90 Å². The summed E-state index contributed by atoms with van der Waals surface area (Å²) in [6.45, 7) is 1.81. The molecule has 1 aromatic rings. The van der Waals surface area contributed by atoms with Gasteiger partial charge in [0.15, 0.2) is 0 Å². The Kier molecular flexibility index (Phi) is 5.63. The number of nitrogens with zero attached hydrogens (tertiary/aromatic N) is 1. The zero-order valence-electron chi connectivity index (χ0n) is 10.8. The predicted molar refractivity (Wildman–Crippen MR) is 78.4 cm³/mol. The number of morpholine rings is 1. The van der Waals surface area contributed by atoms with Crippen molar-refractivity contribution in [2.75, 3.05) is 38.2 Å². The van der Waals surface area contributed by atoms with Gasteiger partial charge in [0.25, 0.3) is 0 Å². The highest BCUT2D eigenvalue weighted by Gasteiger charge is 2.24. The molecule has 1 fully saturated rings. The molecule has 1 aliphatic rings. The molecule has 1 saturated heterocycles. The number of hydrogen-bond donors (Lipinski definition) is 2. The van der Waals surface area contributed by atoms with Crippen LogP contribution in [0.3, 0.4) is 0 Å². The Hall–Kier alpha value is -0.850. The molecule has 0 saturated carbocycles. The van der Waals surface area contributed by atoms with Gasteiger partial charge in [-0.05, 0) is 18.2 Å². The fraction of sp³-hybridized carbons (Fsp3) is 0.462. The number of aliphatic hydroxyl groups is 1. The summed E-state index contributed by atoms with van der Waals surface area (Å²) in [5, 5.41) is 12.8. The quantitative estimate of drug-likeness (QED) is 0.885. The largest absolute Gasteiger partial charge is 0.395 e. The maximum absolute atomic E-state index is 12.0. The highest BCUT2D eigenvalue weighted by molar-refractivity contribution is 6.42. The Balaban J connectivity index is 1.92. The number of halogens is 2. The molecule has 2 rings (SSSR count). The Labute approximate surface area is 127 Å². The molecule has 0 radical (unpaired) electrons. The van der Waals surface area contributed by atoms with Crippen LogP contribution in [0, 0.1) is 0 Å². The van der Waals surface area contributed by atoms with Crippen LogP contribution in [-0.2, 0) is 9.53 Å². The first-order valence-corrected chi connectivity index (χ1v) is 7.03. The number of hydrogen-bond acceptors (Lipinski definition) is 4. The van der Waals surface area contributed by atoms with Crippen LogP contribution in [0.4, 0.5) is 5.69 Å². The minimum absolute atomic E-state index is 0.0277. The molecule has 1 atom stereocenters. The Morgan fingerprint density at radius 3 is 2.95 bits per heavy atom. The van der Waals surface area contributed by atoms with Crippen molar-refractivity contribution in [2.24, 2.45) is 0 Å². The lowest BCUT2D eigenvalue weighted by Crippen LogP contribution is -2.50. The van der Waals surface area contributed by atoms with E-state index >= 15 is 0 Å². The van der Waals surface area contributed by atoms with Crippen molar-refractivity contribution in [3.63, 3.8) is 0 Å². The van der Waals surface area contributed by atoms with E-state index in [1.165, 1.54) is 0 Å². The van der Waals surface area contributed by atoms with E-state index in [2.05, 4.69) is 5.32 Å². The highest BCUT2D eigenvalue weighted by atomic mass is 35.5. The van der Waals surface area contributed by atoms with Crippen LogP contribution >= 0.6 is 23.2 Å². The van der Waals surface area contributed by atoms with E-state index < -0.39 is 0 Å². The van der Waals surface area contributed by atoms with Gasteiger partial charge >= 0.3 is 0 Å². The van der Waals surface area contributed by atoms with Crippen LogP contribution < -0.4 is 5.32 Å². The van der Waals surface area contributed by atoms with Crippen molar-refractivity contribution in [2.45, 2.75) is 6.04 Å². The summed E-state index contributed by atoms with van der Waals surface area (Å²) in [5.74, 6) is -0.163. The first-order valence-electron chi connectivity index (χ1n) is 6.27. The standard InChI is InChI=1S/C13H16Cl2N2O3/c14-11-2-1-9(5-12(11)15)16-13(19)6-17-3-4-20-8-10(17)7-18/h1-2,5,10,18H,3-4,6-8H2,(H,16,19). The lowest BCUT2D eigenvalue weighted by molar-refractivity contribution is -0.120. The summed E-state index contributed by atoms with van der Waals surface area (Å²) in [5.41, 5.74) is 0.596. The molecule has 0 spiro atoms. The number of carbonyl (C=O) groups excluding carboxylic acids is 1. The molecule has 1 heterocycles. The van der Waals surface area contributed by atoms with Crippen molar-refractivity contribution in [1.29, 1.82) is 0 Å². The number of amides is 1. The number of rotatable bonds is 4. The maximum Gasteiger partial charge on any atom is 0.238 e. The van der Waals surface area contributed by atoms with Crippen LogP contribution in [0.5, 0.6) is 0 Å². The molecule has 7 heteroatoms. The van der Waals surface area contributed by atoms with Crippen molar-refractivity contribution >= 4 is 34.8 Å². The summed E-state index contributed by atoms with van der Waals surface area (Å²) in [7, 11) is 0. The summed E-state index contributed by atoms with van der Waals surface area (Å²) in [6.07, 6.45) is 0. The average Bonchev–Trinajstić information content (AvgIpc) is 2.43. The second kappa shape index (κ2) is 7.24.